The molecule has 0 atom stereocenters. The van der Waals surface area contributed by atoms with Gasteiger partial charge in [-0.3, -0.25) is 9.48 Å². The van der Waals surface area contributed by atoms with Crippen LogP contribution in [0.4, 0.5) is 22.0 Å². The summed E-state index contributed by atoms with van der Waals surface area (Å²) in [6.45, 7) is 0.338. The first-order valence-electron chi connectivity index (χ1n) is 11.4. The first-order chi connectivity index (χ1) is 17.2. The largest absolute Gasteiger partial charge is 0.435 e. The van der Waals surface area contributed by atoms with Crippen molar-refractivity contribution < 1.29 is 26.7 Å². The summed E-state index contributed by atoms with van der Waals surface area (Å²) >= 11 is 0. The third kappa shape index (κ3) is 4.79. The fourth-order valence-corrected chi connectivity index (χ4v) is 4.04. The Morgan fingerprint density at radius 2 is 1.89 bits per heavy atom. The predicted octanol–water partition coefficient (Wildman–Crippen LogP) is 5.25. The van der Waals surface area contributed by atoms with E-state index in [2.05, 4.69) is 20.5 Å². The number of aromatic nitrogens is 5. The SMILES string of the molecule is O=C(NCCCn1nc(C(F)(F)F)cc1C1CC1)c1cnn2c(C(F)F)cc(-c3ccccc3)nc12. The number of benzene rings is 1. The van der Waals surface area contributed by atoms with Gasteiger partial charge in [-0.15, -0.1) is 0 Å². The monoisotopic (exact) mass is 504 g/mol. The Balaban J connectivity index is 1.31. The van der Waals surface area contributed by atoms with Gasteiger partial charge in [0.05, 0.1) is 11.9 Å². The lowest BCUT2D eigenvalue weighted by Gasteiger charge is -2.09. The quantitative estimate of drug-likeness (QED) is 0.263. The second kappa shape index (κ2) is 9.32. The number of hydrogen-bond acceptors (Lipinski definition) is 4. The van der Waals surface area contributed by atoms with Gasteiger partial charge in [-0.25, -0.2) is 18.3 Å². The van der Waals surface area contributed by atoms with E-state index in [1.165, 1.54) is 16.9 Å². The van der Waals surface area contributed by atoms with Crippen molar-refractivity contribution in [3.63, 3.8) is 0 Å². The fourth-order valence-electron chi connectivity index (χ4n) is 4.04. The summed E-state index contributed by atoms with van der Waals surface area (Å²) in [6, 6.07) is 11.1. The van der Waals surface area contributed by atoms with E-state index in [4.69, 9.17) is 0 Å². The molecule has 188 valence electrons. The Morgan fingerprint density at radius 1 is 1.14 bits per heavy atom. The lowest BCUT2D eigenvalue weighted by molar-refractivity contribution is -0.141. The lowest BCUT2D eigenvalue weighted by atomic mass is 10.1. The topological polar surface area (TPSA) is 77.1 Å². The normalized spacial score (nSPS) is 14.1. The number of fused-ring (bicyclic) bond motifs is 1. The third-order valence-corrected chi connectivity index (χ3v) is 5.97. The van der Waals surface area contributed by atoms with Crippen LogP contribution < -0.4 is 5.32 Å². The molecule has 12 heteroatoms. The summed E-state index contributed by atoms with van der Waals surface area (Å²) in [5.41, 5.74) is 0.125. The molecular formula is C24H21F5N6O. The average Bonchev–Trinajstić information content (AvgIpc) is 3.45. The van der Waals surface area contributed by atoms with E-state index in [0.29, 0.717) is 17.7 Å². The molecule has 5 rings (SSSR count). The molecule has 0 radical (unpaired) electrons. The number of carbonyl (C=O) groups excluding carboxylic acids is 1. The molecular weight excluding hydrogens is 483 g/mol. The van der Waals surface area contributed by atoms with Crippen LogP contribution in [0.2, 0.25) is 0 Å². The van der Waals surface area contributed by atoms with Crippen molar-refractivity contribution in [3.05, 3.63) is 71.3 Å². The minimum atomic E-state index is -4.52. The highest BCUT2D eigenvalue weighted by Gasteiger charge is 2.37. The molecule has 1 aliphatic carbocycles. The Kier molecular flexibility index (Phi) is 6.19. The van der Waals surface area contributed by atoms with E-state index < -0.39 is 29.9 Å². The molecule has 0 bridgehead atoms. The van der Waals surface area contributed by atoms with E-state index >= 15 is 0 Å². The molecule has 36 heavy (non-hydrogen) atoms. The van der Waals surface area contributed by atoms with Crippen LogP contribution in [-0.2, 0) is 12.7 Å². The van der Waals surface area contributed by atoms with E-state index in [9.17, 15) is 26.7 Å². The van der Waals surface area contributed by atoms with Gasteiger partial charge in [0.1, 0.15) is 11.3 Å². The Labute approximate surface area is 201 Å². The van der Waals surface area contributed by atoms with Crippen LogP contribution in [-0.4, -0.2) is 36.8 Å². The van der Waals surface area contributed by atoms with Crippen molar-refractivity contribution in [2.75, 3.05) is 6.54 Å². The molecule has 7 nitrogen and oxygen atoms in total. The molecule has 1 saturated carbocycles. The fraction of sp³-hybridized carbons (Fsp3) is 0.333. The summed E-state index contributed by atoms with van der Waals surface area (Å²) in [4.78, 5) is 17.2. The van der Waals surface area contributed by atoms with Gasteiger partial charge in [0.2, 0.25) is 0 Å². The zero-order valence-electron chi connectivity index (χ0n) is 18.8. The Bertz CT molecular complexity index is 1390. The van der Waals surface area contributed by atoms with Gasteiger partial charge in [0.25, 0.3) is 12.3 Å². The molecule has 4 aromatic rings. The highest BCUT2D eigenvalue weighted by atomic mass is 19.4. The van der Waals surface area contributed by atoms with Crippen LogP contribution in [0.25, 0.3) is 16.9 Å². The van der Waals surface area contributed by atoms with Gasteiger partial charge in [-0.2, -0.15) is 23.4 Å². The summed E-state index contributed by atoms with van der Waals surface area (Å²) in [7, 11) is 0. The molecule has 1 N–H and O–H groups in total. The second-order valence-electron chi connectivity index (χ2n) is 8.59. The first kappa shape index (κ1) is 23.9. The molecule has 3 heterocycles. The van der Waals surface area contributed by atoms with E-state index in [-0.39, 0.29) is 35.9 Å². The molecule has 1 amide bonds. The van der Waals surface area contributed by atoms with Crippen LogP contribution in [0.15, 0.2) is 48.7 Å². The van der Waals surface area contributed by atoms with Crippen LogP contribution >= 0.6 is 0 Å². The number of alkyl halides is 5. The molecule has 1 aliphatic rings. The molecule has 1 aromatic carbocycles. The highest BCUT2D eigenvalue weighted by Crippen LogP contribution is 2.42. The molecule has 3 aromatic heterocycles. The maximum atomic E-state index is 13.7. The molecule has 0 aliphatic heterocycles. The number of rotatable bonds is 8. The Morgan fingerprint density at radius 3 is 2.56 bits per heavy atom. The minimum absolute atomic E-state index is 0.0120. The van der Waals surface area contributed by atoms with Gasteiger partial charge in [-0.1, -0.05) is 30.3 Å². The number of amides is 1. The van der Waals surface area contributed by atoms with Gasteiger partial charge < -0.3 is 5.32 Å². The summed E-state index contributed by atoms with van der Waals surface area (Å²) in [5, 5.41) is 10.3. The number of hydrogen-bond donors (Lipinski definition) is 1. The van der Waals surface area contributed by atoms with Crippen molar-refractivity contribution in [1.29, 1.82) is 0 Å². The van der Waals surface area contributed by atoms with Crippen LogP contribution in [0.1, 0.15) is 59.0 Å². The highest BCUT2D eigenvalue weighted by molar-refractivity contribution is 5.99. The first-order valence-corrected chi connectivity index (χ1v) is 11.4. The van der Waals surface area contributed by atoms with Crippen molar-refractivity contribution >= 4 is 11.6 Å². The lowest BCUT2D eigenvalue weighted by Crippen LogP contribution is -2.25. The smallest absolute Gasteiger partial charge is 0.352 e. The van der Waals surface area contributed by atoms with Gasteiger partial charge in [0, 0.05) is 30.3 Å². The van der Waals surface area contributed by atoms with Crippen molar-refractivity contribution in [3.8, 4) is 11.3 Å². The van der Waals surface area contributed by atoms with Gasteiger partial charge >= 0.3 is 6.18 Å². The van der Waals surface area contributed by atoms with Gasteiger partial charge in [0.15, 0.2) is 11.3 Å². The molecule has 1 fully saturated rings. The zero-order valence-corrected chi connectivity index (χ0v) is 18.8. The predicted molar refractivity (Wildman–Crippen MR) is 120 cm³/mol. The molecule has 0 saturated heterocycles. The van der Waals surface area contributed by atoms with Crippen molar-refractivity contribution in [1.82, 2.24) is 29.7 Å². The minimum Gasteiger partial charge on any atom is -0.352 e. The standard InChI is InChI=1S/C24H21F5N6O/c25-21(26)19-11-17(14-5-2-1-3-6-14)32-22-16(13-31-35(19)22)23(36)30-9-4-10-34-18(15-7-8-15)12-20(33-34)24(27,28)29/h1-3,5-6,11-13,15,21H,4,7-10H2,(H,30,36). The Hall–Kier alpha value is -3.83. The number of nitrogens with zero attached hydrogens (tertiary/aromatic N) is 5. The second-order valence-corrected chi connectivity index (χ2v) is 8.59. The van der Waals surface area contributed by atoms with E-state index in [0.717, 1.165) is 23.4 Å². The molecule has 0 spiro atoms. The van der Waals surface area contributed by atoms with Crippen LogP contribution in [0, 0.1) is 0 Å². The summed E-state index contributed by atoms with van der Waals surface area (Å²) in [6.07, 6.45) is -4.21. The van der Waals surface area contributed by atoms with Crippen LogP contribution in [0.3, 0.4) is 0 Å². The summed E-state index contributed by atoms with van der Waals surface area (Å²) in [5.74, 6) is -0.488. The van der Waals surface area contributed by atoms with Gasteiger partial charge in [-0.05, 0) is 31.4 Å². The van der Waals surface area contributed by atoms with E-state index in [1.807, 2.05) is 0 Å². The number of carbonyl (C=O) groups is 1. The summed E-state index contributed by atoms with van der Waals surface area (Å²) < 4.78 is 68.9. The van der Waals surface area contributed by atoms with Crippen molar-refractivity contribution in [2.24, 2.45) is 0 Å². The maximum Gasteiger partial charge on any atom is 0.435 e. The number of nitrogens with one attached hydrogen (secondary N) is 1. The van der Waals surface area contributed by atoms with Crippen LogP contribution in [0.5, 0.6) is 0 Å². The molecule has 0 unspecified atom stereocenters. The maximum absolute atomic E-state index is 13.7. The zero-order chi connectivity index (χ0) is 25.4. The van der Waals surface area contributed by atoms with Crippen molar-refractivity contribution in [2.45, 2.75) is 44.3 Å². The number of aryl methyl sites for hydroxylation is 1. The van der Waals surface area contributed by atoms with E-state index in [1.54, 1.807) is 30.3 Å². The average molecular weight is 504 g/mol. The number of halogens is 5. The third-order valence-electron chi connectivity index (χ3n) is 5.97.